The van der Waals surface area contributed by atoms with Gasteiger partial charge in [-0.15, -0.1) is 0 Å². The van der Waals surface area contributed by atoms with E-state index in [-0.39, 0.29) is 0 Å². The number of unbranched alkanes of at least 4 members (excludes halogenated alkanes) is 5. The van der Waals surface area contributed by atoms with Gasteiger partial charge in [0.05, 0.1) is 0 Å². The van der Waals surface area contributed by atoms with E-state index in [4.69, 9.17) is 0 Å². The quantitative estimate of drug-likeness (QED) is 0.346. The minimum atomic E-state index is 1.08. The first-order valence-electron chi connectivity index (χ1n) is 8.01. The Labute approximate surface area is 120 Å². The van der Waals surface area contributed by atoms with Crippen molar-refractivity contribution < 1.29 is 0 Å². The summed E-state index contributed by atoms with van der Waals surface area (Å²) < 4.78 is 0. The molecule has 0 heterocycles. The van der Waals surface area contributed by atoms with E-state index in [1.54, 1.807) is 0 Å². The van der Waals surface area contributed by atoms with Crippen molar-refractivity contribution in [2.45, 2.75) is 64.7 Å². The number of nitrogens with one attached hydrogen (secondary N) is 1. The monoisotopic (exact) mass is 263 g/mol. The first-order chi connectivity index (χ1) is 9.41. The molecular weight excluding hydrogens is 230 g/mol. The second-order valence-corrected chi connectivity index (χ2v) is 4.95. The Balaban J connectivity index is 3.19. The Morgan fingerprint density at radius 3 is 1.95 bits per heavy atom. The maximum absolute atomic E-state index is 3.19. The summed E-state index contributed by atoms with van der Waals surface area (Å²) in [7, 11) is 2.03. The summed E-state index contributed by atoms with van der Waals surface area (Å²) >= 11 is 0. The number of hydrogen-bond donors (Lipinski definition) is 1. The summed E-state index contributed by atoms with van der Waals surface area (Å²) in [6, 6.07) is 0. The van der Waals surface area contributed by atoms with Crippen molar-refractivity contribution in [1.82, 2.24) is 5.32 Å². The molecule has 19 heavy (non-hydrogen) atoms. The fraction of sp³-hybridized carbons (Fsp3) is 0.667. The molecule has 110 valence electrons. The number of allylic oxidation sites excluding steroid dienone is 6. The molecule has 0 bridgehead atoms. The van der Waals surface area contributed by atoms with Gasteiger partial charge < -0.3 is 5.32 Å². The van der Waals surface area contributed by atoms with Crippen LogP contribution in [-0.4, -0.2) is 13.6 Å². The van der Waals surface area contributed by atoms with Crippen molar-refractivity contribution in [1.29, 1.82) is 0 Å². The third-order valence-electron chi connectivity index (χ3n) is 3.08. The van der Waals surface area contributed by atoms with E-state index in [2.05, 4.69) is 48.7 Å². The summed E-state index contributed by atoms with van der Waals surface area (Å²) in [4.78, 5) is 0. The van der Waals surface area contributed by atoms with Crippen molar-refractivity contribution in [2.24, 2.45) is 0 Å². The van der Waals surface area contributed by atoms with Crippen molar-refractivity contribution in [2.75, 3.05) is 13.6 Å². The van der Waals surface area contributed by atoms with Gasteiger partial charge in [-0.3, -0.25) is 0 Å². The van der Waals surface area contributed by atoms with Crippen LogP contribution in [-0.2, 0) is 0 Å². The molecule has 0 aromatic heterocycles. The third kappa shape index (κ3) is 17.2. The fourth-order valence-corrected chi connectivity index (χ4v) is 1.92. The highest BCUT2D eigenvalue weighted by atomic mass is 14.8. The van der Waals surface area contributed by atoms with Gasteiger partial charge in [-0.25, -0.2) is 0 Å². The van der Waals surface area contributed by atoms with E-state index in [1.165, 1.54) is 45.1 Å². The molecule has 0 radical (unpaired) electrons. The molecule has 1 N–H and O–H groups in total. The maximum Gasteiger partial charge on any atom is -0.00519 e. The van der Waals surface area contributed by atoms with E-state index >= 15 is 0 Å². The van der Waals surface area contributed by atoms with Gasteiger partial charge in [0.1, 0.15) is 0 Å². The van der Waals surface area contributed by atoms with E-state index < -0.39 is 0 Å². The van der Waals surface area contributed by atoms with Crippen molar-refractivity contribution >= 4 is 0 Å². The lowest BCUT2D eigenvalue weighted by atomic mass is 10.1. The molecular formula is C18H33N. The van der Waals surface area contributed by atoms with Crippen LogP contribution >= 0.6 is 0 Å². The van der Waals surface area contributed by atoms with Crippen LogP contribution in [0.15, 0.2) is 36.5 Å². The molecule has 0 atom stereocenters. The topological polar surface area (TPSA) is 12.0 Å². The SMILES string of the molecule is CCC=CCC=CCC=CCCCCCCCNC. The van der Waals surface area contributed by atoms with Crippen LogP contribution in [0.25, 0.3) is 0 Å². The summed E-state index contributed by atoms with van der Waals surface area (Å²) in [5.41, 5.74) is 0. The van der Waals surface area contributed by atoms with E-state index in [0.29, 0.717) is 0 Å². The number of rotatable bonds is 13. The Bertz CT molecular complexity index is 238. The lowest BCUT2D eigenvalue weighted by molar-refractivity contribution is 0.600. The van der Waals surface area contributed by atoms with E-state index in [0.717, 1.165) is 19.3 Å². The molecule has 1 nitrogen and oxygen atoms in total. The highest BCUT2D eigenvalue weighted by Crippen LogP contribution is 2.05. The Morgan fingerprint density at radius 1 is 0.684 bits per heavy atom. The van der Waals surface area contributed by atoms with Crippen LogP contribution in [0.5, 0.6) is 0 Å². The molecule has 0 rings (SSSR count). The summed E-state index contributed by atoms with van der Waals surface area (Å²) in [5.74, 6) is 0. The molecule has 0 aromatic carbocycles. The molecule has 1 heteroatoms. The van der Waals surface area contributed by atoms with Gasteiger partial charge in [-0.1, -0.05) is 62.6 Å². The first kappa shape index (κ1) is 18.2. The second kappa shape index (κ2) is 17.2. The second-order valence-electron chi connectivity index (χ2n) is 4.95. The molecule has 0 saturated heterocycles. The van der Waals surface area contributed by atoms with Crippen LogP contribution in [0, 0.1) is 0 Å². The molecule has 0 aliphatic carbocycles. The standard InChI is InChI=1S/C18H33N/c1-3-4-5-6-7-8-9-10-11-12-13-14-15-16-17-18-19-2/h4-5,7-8,10-11,19H,3,6,9,12-18H2,1-2H3. The van der Waals surface area contributed by atoms with Gasteiger partial charge in [0.15, 0.2) is 0 Å². The first-order valence-corrected chi connectivity index (χ1v) is 8.01. The zero-order valence-electron chi connectivity index (χ0n) is 13.0. The van der Waals surface area contributed by atoms with Crippen molar-refractivity contribution in [3.63, 3.8) is 0 Å². The predicted octanol–water partition coefficient (Wildman–Crippen LogP) is 5.41. The van der Waals surface area contributed by atoms with Gasteiger partial charge in [-0.2, -0.15) is 0 Å². The molecule has 0 aliphatic rings. The lowest BCUT2D eigenvalue weighted by Gasteiger charge is -1.99. The van der Waals surface area contributed by atoms with Crippen LogP contribution in [0.2, 0.25) is 0 Å². The van der Waals surface area contributed by atoms with Crippen LogP contribution in [0.3, 0.4) is 0 Å². The highest BCUT2D eigenvalue weighted by Gasteiger charge is 1.88. The fourth-order valence-electron chi connectivity index (χ4n) is 1.92. The molecule has 0 amide bonds. The van der Waals surface area contributed by atoms with Crippen LogP contribution < -0.4 is 5.32 Å². The average molecular weight is 263 g/mol. The van der Waals surface area contributed by atoms with Gasteiger partial charge >= 0.3 is 0 Å². The zero-order valence-corrected chi connectivity index (χ0v) is 13.0. The smallest absolute Gasteiger partial charge is 0.00519 e. The molecule has 0 unspecified atom stereocenters. The maximum atomic E-state index is 3.19. The summed E-state index contributed by atoms with van der Waals surface area (Å²) in [6.07, 6.45) is 24.9. The minimum absolute atomic E-state index is 1.08. The lowest BCUT2D eigenvalue weighted by Crippen LogP contribution is -2.06. The van der Waals surface area contributed by atoms with Crippen molar-refractivity contribution in [3.8, 4) is 0 Å². The van der Waals surface area contributed by atoms with Gasteiger partial charge in [0.25, 0.3) is 0 Å². The normalized spacial score (nSPS) is 12.3. The molecule has 0 aliphatic heterocycles. The van der Waals surface area contributed by atoms with Crippen LogP contribution in [0.4, 0.5) is 0 Å². The van der Waals surface area contributed by atoms with Crippen molar-refractivity contribution in [3.05, 3.63) is 36.5 Å². The molecule has 0 aromatic rings. The van der Waals surface area contributed by atoms with E-state index in [9.17, 15) is 0 Å². The molecule has 0 saturated carbocycles. The Kier molecular flexibility index (Phi) is 16.4. The third-order valence-corrected chi connectivity index (χ3v) is 3.08. The highest BCUT2D eigenvalue weighted by molar-refractivity contribution is 4.96. The number of hydrogen-bond acceptors (Lipinski definition) is 1. The summed E-state index contributed by atoms with van der Waals surface area (Å²) in [6.45, 7) is 3.34. The largest absolute Gasteiger partial charge is 0.320 e. The molecule has 0 fully saturated rings. The Hall–Kier alpha value is -0.820. The van der Waals surface area contributed by atoms with Crippen LogP contribution in [0.1, 0.15) is 64.7 Å². The van der Waals surface area contributed by atoms with Gasteiger partial charge in [0, 0.05) is 0 Å². The predicted molar refractivity (Wildman–Crippen MR) is 88.6 cm³/mol. The average Bonchev–Trinajstić information content (AvgIpc) is 2.43. The van der Waals surface area contributed by atoms with Gasteiger partial charge in [-0.05, 0) is 52.1 Å². The Morgan fingerprint density at radius 2 is 1.26 bits per heavy atom. The zero-order chi connectivity index (χ0) is 14.0. The van der Waals surface area contributed by atoms with Gasteiger partial charge in [0.2, 0.25) is 0 Å². The summed E-state index contributed by atoms with van der Waals surface area (Å²) in [5, 5.41) is 3.19. The molecule has 0 spiro atoms. The minimum Gasteiger partial charge on any atom is -0.320 e. The van der Waals surface area contributed by atoms with E-state index in [1.807, 2.05) is 7.05 Å².